The molecule has 0 bridgehead atoms. The Hall–Kier alpha value is -1.31. The lowest BCUT2D eigenvalue weighted by molar-refractivity contribution is 0.00578. The summed E-state index contributed by atoms with van der Waals surface area (Å²) in [7, 11) is 3.53. The molecule has 0 atom stereocenters. The smallest absolute Gasteiger partial charge is 0.398 e. The van der Waals surface area contributed by atoms with Crippen LogP contribution in [0, 0.1) is 0 Å². The highest BCUT2D eigenvalue weighted by Gasteiger charge is 2.52. The lowest BCUT2D eigenvalue weighted by Gasteiger charge is -2.32. The van der Waals surface area contributed by atoms with Gasteiger partial charge >= 0.3 is 7.12 Å². The van der Waals surface area contributed by atoms with Crippen LogP contribution in [-0.4, -0.2) is 42.0 Å². The van der Waals surface area contributed by atoms with Crippen LogP contribution >= 0.6 is 11.3 Å². The summed E-state index contributed by atoms with van der Waals surface area (Å²) in [6, 6.07) is 4.11. The molecule has 0 saturated carbocycles. The molecule has 2 aromatic rings. The van der Waals surface area contributed by atoms with Crippen LogP contribution < -0.4 is 10.5 Å². The molecule has 0 aromatic carbocycles. The number of imidazole rings is 1. The zero-order valence-corrected chi connectivity index (χ0v) is 14.8. The molecular weight excluding hydrogens is 297 g/mol. The first-order valence-corrected chi connectivity index (χ1v) is 8.25. The van der Waals surface area contributed by atoms with Gasteiger partial charge in [0.2, 0.25) is 5.95 Å². The molecule has 1 aliphatic rings. The monoisotopic (exact) mass is 319 g/mol. The minimum Gasteiger partial charge on any atom is -0.398 e. The van der Waals surface area contributed by atoms with Gasteiger partial charge in [-0.15, -0.1) is 11.3 Å². The first-order chi connectivity index (χ1) is 10.2. The van der Waals surface area contributed by atoms with Crippen molar-refractivity contribution in [3.05, 3.63) is 23.7 Å². The molecule has 0 aliphatic carbocycles. The maximum Gasteiger partial charge on any atom is 0.516 e. The van der Waals surface area contributed by atoms with Crippen LogP contribution in [0.4, 0.5) is 5.95 Å². The van der Waals surface area contributed by atoms with E-state index in [1.807, 2.05) is 31.3 Å². The van der Waals surface area contributed by atoms with Crippen molar-refractivity contribution in [1.29, 1.82) is 0 Å². The van der Waals surface area contributed by atoms with Crippen molar-refractivity contribution in [3.63, 3.8) is 0 Å². The fraction of sp³-hybridized carbons (Fsp3) is 0.533. The van der Waals surface area contributed by atoms with Crippen molar-refractivity contribution in [2.24, 2.45) is 0 Å². The van der Waals surface area contributed by atoms with Gasteiger partial charge in [-0.3, -0.25) is 4.57 Å². The van der Waals surface area contributed by atoms with Crippen LogP contribution in [-0.2, 0) is 9.31 Å². The number of anilines is 1. The maximum absolute atomic E-state index is 6.10. The highest BCUT2D eigenvalue weighted by atomic mass is 32.1. The molecule has 3 rings (SSSR count). The second-order valence-corrected chi connectivity index (χ2v) is 7.70. The van der Waals surface area contributed by atoms with Gasteiger partial charge in [0.1, 0.15) is 5.00 Å². The van der Waals surface area contributed by atoms with Crippen molar-refractivity contribution >= 4 is 30.0 Å². The van der Waals surface area contributed by atoms with Gasteiger partial charge in [-0.05, 0) is 45.2 Å². The average molecular weight is 319 g/mol. The first kappa shape index (κ1) is 15.6. The summed E-state index contributed by atoms with van der Waals surface area (Å²) in [6.07, 6.45) is 2.00. The molecule has 0 spiro atoms. The van der Waals surface area contributed by atoms with E-state index < -0.39 is 7.12 Å². The van der Waals surface area contributed by atoms with Gasteiger partial charge in [0.15, 0.2) is 0 Å². The van der Waals surface area contributed by atoms with E-state index in [4.69, 9.17) is 14.3 Å². The predicted octanol–water partition coefficient (Wildman–Crippen LogP) is 2.30. The summed E-state index contributed by atoms with van der Waals surface area (Å²) in [5.41, 5.74) is 0.0847. The van der Waals surface area contributed by atoms with Gasteiger partial charge in [-0.1, -0.05) is 0 Å². The standard InChI is InChI=1S/C15H22BN3O2S/c1-14(2)15(3,4)21-16(20-14)11-10-19(12-8-7-9-22-12)13(17-11)18(5)6/h7-10H,1-6H3. The summed E-state index contributed by atoms with van der Waals surface area (Å²) in [5, 5.41) is 3.18. The van der Waals surface area contributed by atoms with Crippen LogP contribution in [0.1, 0.15) is 27.7 Å². The third kappa shape index (κ3) is 2.47. The minimum atomic E-state index is -0.440. The normalized spacial score (nSPS) is 19.6. The number of nitrogens with zero attached hydrogens (tertiary/aromatic N) is 3. The van der Waals surface area contributed by atoms with E-state index in [-0.39, 0.29) is 11.2 Å². The Labute approximate surface area is 136 Å². The van der Waals surface area contributed by atoms with Crippen molar-refractivity contribution in [3.8, 4) is 5.00 Å². The molecule has 1 fully saturated rings. The molecule has 1 aliphatic heterocycles. The number of thiophene rings is 1. The SMILES string of the molecule is CN(C)c1nc(B2OC(C)(C)C(C)(C)O2)cn1-c1cccs1. The Morgan fingerprint density at radius 2 is 1.82 bits per heavy atom. The third-order valence-corrected chi connectivity index (χ3v) is 5.21. The largest absolute Gasteiger partial charge is 0.516 e. The van der Waals surface area contributed by atoms with Gasteiger partial charge in [-0.25, -0.2) is 4.98 Å². The predicted molar refractivity (Wildman–Crippen MR) is 91.5 cm³/mol. The molecule has 118 valence electrons. The molecule has 2 aromatic heterocycles. The van der Waals surface area contributed by atoms with E-state index in [1.54, 1.807) is 11.3 Å². The summed E-state index contributed by atoms with van der Waals surface area (Å²) < 4.78 is 14.3. The molecule has 0 unspecified atom stereocenters. The number of hydrogen-bond acceptors (Lipinski definition) is 5. The van der Waals surface area contributed by atoms with Gasteiger partial charge in [0.25, 0.3) is 0 Å². The molecule has 22 heavy (non-hydrogen) atoms. The Morgan fingerprint density at radius 3 is 2.32 bits per heavy atom. The number of hydrogen-bond donors (Lipinski definition) is 0. The van der Waals surface area contributed by atoms with Crippen LogP contribution in [0.2, 0.25) is 0 Å². The highest BCUT2D eigenvalue weighted by molar-refractivity contribution is 7.12. The summed E-state index contributed by atoms with van der Waals surface area (Å²) >= 11 is 1.68. The van der Waals surface area contributed by atoms with Crippen LogP contribution in [0.3, 0.4) is 0 Å². The van der Waals surface area contributed by atoms with Gasteiger partial charge in [-0.2, -0.15) is 0 Å². The molecule has 0 radical (unpaired) electrons. The van der Waals surface area contributed by atoms with E-state index in [2.05, 4.69) is 43.7 Å². The lowest BCUT2D eigenvalue weighted by atomic mass is 9.86. The quantitative estimate of drug-likeness (QED) is 0.814. The lowest BCUT2D eigenvalue weighted by Crippen LogP contribution is -2.41. The van der Waals surface area contributed by atoms with E-state index in [9.17, 15) is 0 Å². The van der Waals surface area contributed by atoms with Crippen LogP contribution in [0.5, 0.6) is 0 Å². The van der Waals surface area contributed by atoms with Crippen LogP contribution in [0.25, 0.3) is 5.00 Å². The van der Waals surface area contributed by atoms with Gasteiger partial charge in [0.05, 0.1) is 16.8 Å². The van der Waals surface area contributed by atoms with Gasteiger partial charge in [0, 0.05) is 20.3 Å². The van der Waals surface area contributed by atoms with Crippen LogP contribution in [0.15, 0.2) is 23.7 Å². The molecule has 5 nitrogen and oxygen atoms in total. The molecular formula is C15H22BN3O2S. The topological polar surface area (TPSA) is 39.5 Å². The molecule has 3 heterocycles. The number of rotatable bonds is 3. The second kappa shape index (κ2) is 5.11. The van der Waals surface area contributed by atoms with E-state index in [1.165, 1.54) is 0 Å². The molecule has 1 saturated heterocycles. The minimum absolute atomic E-state index is 0.358. The Balaban J connectivity index is 1.98. The fourth-order valence-electron chi connectivity index (χ4n) is 2.35. The average Bonchev–Trinajstić information content (AvgIpc) is 3.09. The zero-order valence-electron chi connectivity index (χ0n) is 14.0. The fourth-order valence-corrected chi connectivity index (χ4v) is 3.05. The summed E-state index contributed by atoms with van der Waals surface area (Å²) in [4.78, 5) is 6.72. The Kier molecular flexibility index (Phi) is 3.62. The molecule has 0 amide bonds. The van der Waals surface area contributed by atoms with E-state index >= 15 is 0 Å². The number of aromatic nitrogens is 2. The Morgan fingerprint density at radius 1 is 1.18 bits per heavy atom. The van der Waals surface area contributed by atoms with E-state index in [0.29, 0.717) is 0 Å². The van der Waals surface area contributed by atoms with Gasteiger partial charge < -0.3 is 14.2 Å². The molecule has 0 N–H and O–H groups in total. The van der Waals surface area contributed by atoms with Crippen molar-refractivity contribution < 1.29 is 9.31 Å². The van der Waals surface area contributed by atoms with E-state index in [0.717, 1.165) is 16.5 Å². The zero-order chi connectivity index (χ0) is 16.1. The van der Waals surface area contributed by atoms with Crippen molar-refractivity contribution in [2.75, 3.05) is 19.0 Å². The summed E-state index contributed by atoms with van der Waals surface area (Å²) in [5.74, 6) is 0.868. The first-order valence-electron chi connectivity index (χ1n) is 7.37. The van der Waals surface area contributed by atoms with Crippen molar-refractivity contribution in [2.45, 2.75) is 38.9 Å². The molecule has 7 heteroatoms. The summed E-state index contributed by atoms with van der Waals surface area (Å²) in [6.45, 7) is 8.21. The second-order valence-electron chi connectivity index (χ2n) is 6.77. The third-order valence-electron chi connectivity index (χ3n) is 4.34. The Bertz CT molecular complexity index is 648. The highest BCUT2D eigenvalue weighted by Crippen LogP contribution is 2.36. The van der Waals surface area contributed by atoms with Crippen molar-refractivity contribution in [1.82, 2.24) is 9.55 Å². The maximum atomic E-state index is 6.10.